The molecular formula is C13H20Cl3N3O. The normalized spacial score (nSPS) is 15.9. The highest BCUT2D eigenvalue weighted by atomic mass is 35.5. The van der Waals surface area contributed by atoms with Gasteiger partial charge in [0.1, 0.15) is 0 Å². The molecule has 2 rings (SSSR count). The maximum absolute atomic E-state index is 11.8. The van der Waals surface area contributed by atoms with Gasteiger partial charge in [0.2, 0.25) is 5.91 Å². The van der Waals surface area contributed by atoms with E-state index < -0.39 is 6.04 Å². The van der Waals surface area contributed by atoms with E-state index in [2.05, 4.69) is 4.90 Å². The Balaban J connectivity index is 0.00000180. The average Bonchev–Trinajstić information content (AvgIpc) is 2.38. The number of halogens is 3. The van der Waals surface area contributed by atoms with Gasteiger partial charge in [-0.05, 0) is 19.1 Å². The van der Waals surface area contributed by atoms with Crippen molar-refractivity contribution in [1.29, 1.82) is 0 Å². The zero-order valence-corrected chi connectivity index (χ0v) is 13.7. The molecule has 20 heavy (non-hydrogen) atoms. The van der Waals surface area contributed by atoms with Crippen LogP contribution in [0.1, 0.15) is 6.92 Å². The first-order valence-electron chi connectivity index (χ1n) is 6.13. The minimum atomic E-state index is -0.420. The Morgan fingerprint density at radius 3 is 2.25 bits per heavy atom. The first-order chi connectivity index (χ1) is 8.59. The topological polar surface area (TPSA) is 49.6 Å². The largest absolute Gasteiger partial charge is 0.367 e. The Hall–Kier alpha value is -0.680. The molecule has 1 amide bonds. The van der Waals surface area contributed by atoms with Crippen molar-refractivity contribution < 1.29 is 4.79 Å². The standard InChI is InChI=1S/C13H18ClN3O.2ClH/c1-10(15)13(18)17-8-6-16(7-9-17)12-5-3-2-4-11(12)14;;/h2-5,10H,6-9,15H2,1H3;2*1H/t10-;;/m1../s1. The van der Waals surface area contributed by atoms with Gasteiger partial charge in [0.15, 0.2) is 0 Å². The van der Waals surface area contributed by atoms with Gasteiger partial charge in [-0.25, -0.2) is 0 Å². The van der Waals surface area contributed by atoms with E-state index in [1.165, 1.54) is 0 Å². The summed E-state index contributed by atoms with van der Waals surface area (Å²) in [5.74, 6) is 0.0220. The number of anilines is 1. The molecule has 0 unspecified atom stereocenters. The molecule has 0 bridgehead atoms. The van der Waals surface area contributed by atoms with E-state index in [9.17, 15) is 4.79 Å². The summed E-state index contributed by atoms with van der Waals surface area (Å²) >= 11 is 6.16. The highest BCUT2D eigenvalue weighted by Crippen LogP contribution is 2.25. The van der Waals surface area contributed by atoms with Gasteiger partial charge in [-0.15, -0.1) is 24.8 Å². The second-order valence-electron chi connectivity index (χ2n) is 4.55. The predicted molar refractivity (Wildman–Crippen MR) is 88.4 cm³/mol. The van der Waals surface area contributed by atoms with Gasteiger partial charge in [-0.3, -0.25) is 4.79 Å². The van der Waals surface area contributed by atoms with Crippen LogP contribution in [0.5, 0.6) is 0 Å². The molecule has 1 atom stereocenters. The Morgan fingerprint density at radius 2 is 1.75 bits per heavy atom. The molecular weight excluding hydrogens is 321 g/mol. The fraction of sp³-hybridized carbons (Fsp3) is 0.462. The molecule has 1 saturated heterocycles. The fourth-order valence-electron chi connectivity index (χ4n) is 2.16. The second kappa shape index (κ2) is 8.57. The van der Waals surface area contributed by atoms with E-state index in [1.807, 2.05) is 29.2 Å². The molecule has 4 nitrogen and oxygen atoms in total. The molecule has 0 saturated carbocycles. The third-order valence-corrected chi connectivity index (χ3v) is 3.49. The summed E-state index contributed by atoms with van der Waals surface area (Å²) in [6.45, 7) is 4.71. The van der Waals surface area contributed by atoms with Crippen molar-refractivity contribution in [2.75, 3.05) is 31.1 Å². The van der Waals surface area contributed by atoms with Gasteiger partial charge in [0, 0.05) is 26.2 Å². The molecule has 1 aliphatic heterocycles. The van der Waals surface area contributed by atoms with Crippen LogP contribution in [0.4, 0.5) is 5.69 Å². The molecule has 1 aromatic carbocycles. The quantitative estimate of drug-likeness (QED) is 0.898. The van der Waals surface area contributed by atoms with Crippen LogP contribution in [0.2, 0.25) is 5.02 Å². The van der Waals surface area contributed by atoms with Crippen LogP contribution in [0, 0.1) is 0 Å². The average molecular weight is 341 g/mol. The highest BCUT2D eigenvalue weighted by molar-refractivity contribution is 6.33. The molecule has 0 aliphatic carbocycles. The van der Waals surface area contributed by atoms with Crippen molar-refractivity contribution in [2.45, 2.75) is 13.0 Å². The number of rotatable bonds is 2. The summed E-state index contributed by atoms with van der Waals surface area (Å²) in [4.78, 5) is 15.8. The highest BCUT2D eigenvalue weighted by Gasteiger charge is 2.23. The lowest BCUT2D eigenvalue weighted by molar-refractivity contribution is -0.132. The zero-order valence-electron chi connectivity index (χ0n) is 11.3. The number of carbonyl (C=O) groups is 1. The van der Waals surface area contributed by atoms with Crippen molar-refractivity contribution in [1.82, 2.24) is 4.90 Å². The third kappa shape index (κ3) is 4.42. The molecule has 0 spiro atoms. The van der Waals surface area contributed by atoms with Crippen LogP contribution in [0.3, 0.4) is 0 Å². The Kier molecular flexibility index (Phi) is 8.28. The molecule has 1 aliphatic rings. The maximum Gasteiger partial charge on any atom is 0.239 e. The molecule has 1 fully saturated rings. The van der Waals surface area contributed by atoms with Crippen LogP contribution in [0.25, 0.3) is 0 Å². The summed E-state index contributed by atoms with van der Waals surface area (Å²) in [5, 5.41) is 0.754. The van der Waals surface area contributed by atoms with Gasteiger partial charge in [0.25, 0.3) is 0 Å². The van der Waals surface area contributed by atoms with Gasteiger partial charge < -0.3 is 15.5 Å². The number of amides is 1. The molecule has 0 radical (unpaired) electrons. The van der Waals surface area contributed by atoms with Crippen LogP contribution in [-0.2, 0) is 4.79 Å². The van der Waals surface area contributed by atoms with Gasteiger partial charge in [0.05, 0.1) is 16.8 Å². The van der Waals surface area contributed by atoms with E-state index in [1.54, 1.807) is 6.92 Å². The van der Waals surface area contributed by atoms with Gasteiger partial charge in [-0.1, -0.05) is 23.7 Å². The van der Waals surface area contributed by atoms with Crippen molar-refractivity contribution in [3.63, 3.8) is 0 Å². The number of hydrogen-bond acceptors (Lipinski definition) is 3. The molecule has 7 heteroatoms. The molecule has 0 aromatic heterocycles. The Labute approximate surface area is 137 Å². The van der Waals surface area contributed by atoms with Crippen molar-refractivity contribution >= 4 is 48.0 Å². The number of nitrogens with two attached hydrogens (primary N) is 1. The van der Waals surface area contributed by atoms with Crippen LogP contribution in [0.15, 0.2) is 24.3 Å². The minimum absolute atomic E-state index is 0. The lowest BCUT2D eigenvalue weighted by Crippen LogP contribution is -2.52. The predicted octanol–water partition coefficient (Wildman–Crippen LogP) is 2.18. The van der Waals surface area contributed by atoms with Gasteiger partial charge >= 0.3 is 0 Å². The van der Waals surface area contributed by atoms with E-state index in [0.717, 1.165) is 23.8 Å². The zero-order chi connectivity index (χ0) is 13.1. The van der Waals surface area contributed by atoms with Crippen LogP contribution >= 0.6 is 36.4 Å². The van der Waals surface area contributed by atoms with Gasteiger partial charge in [-0.2, -0.15) is 0 Å². The Bertz CT molecular complexity index is 435. The summed E-state index contributed by atoms with van der Waals surface area (Å²) < 4.78 is 0. The molecule has 2 N–H and O–H groups in total. The first-order valence-corrected chi connectivity index (χ1v) is 6.51. The lowest BCUT2D eigenvalue weighted by Gasteiger charge is -2.37. The smallest absolute Gasteiger partial charge is 0.239 e. The van der Waals surface area contributed by atoms with Crippen molar-refractivity contribution in [3.05, 3.63) is 29.3 Å². The van der Waals surface area contributed by atoms with E-state index >= 15 is 0 Å². The maximum atomic E-state index is 11.8. The minimum Gasteiger partial charge on any atom is -0.367 e. The second-order valence-corrected chi connectivity index (χ2v) is 4.96. The fourth-order valence-corrected chi connectivity index (χ4v) is 2.42. The summed E-state index contributed by atoms with van der Waals surface area (Å²) in [6, 6.07) is 7.36. The van der Waals surface area contributed by atoms with E-state index in [-0.39, 0.29) is 30.7 Å². The summed E-state index contributed by atoms with van der Waals surface area (Å²) in [5.41, 5.74) is 6.65. The molecule has 1 aromatic rings. The number of nitrogens with zero attached hydrogens (tertiary/aromatic N) is 2. The molecule has 114 valence electrons. The lowest BCUT2D eigenvalue weighted by atomic mass is 10.2. The van der Waals surface area contributed by atoms with Crippen molar-refractivity contribution in [3.8, 4) is 0 Å². The van der Waals surface area contributed by atoms with Crippen molar-refractivity contribution in [2.24, 2.45) is 5.73 Å². The Morgan fingerprint density at radius 1 is 1.20 bits per heavy atom. The number of carbonyl (C=O) groups excluding carboxylic acids is 1. The number of piperazine rings is 1. The van der Waals surface area contributed by atoms with E-state index in [0.29, 0.717) is 13.1 Å². The first kappa shape index (κ1) is 19.3. The summed E-state index contributed by atoms with van der Waals surface area (Å²) in [7, 11) is 0. The van der Waals surface area contributed by atoms with Crippen LogP contribution in [-0.4, -0.2) is 43.0 Å². The summed E-state index contributed by atoms with van der Waals surface area (Å²) in [6.07, 6.45) is 0. The van der Waals surface area contributed by atoms with Crippen LogP contribution < -0.4 is 10.6 Å². The third-order valence-electron chi connectivity index (χ3n) is 3.17. The number of para-hydroxylation sites is 1. The monoisotopic (exact) mass is 339 g/mol. The van der Waals surface area contributed by atoms with E-state index in [4.69, 9.17) is 17.3 Å². The number of benzene rings is 1. The molecule has 1 heterocycles. The SMILES string of the molecule is C[C@@H](N)C(=O)N1CCN(c2ccccc2Cl)CC1.Cl.Cl. The number of hydrogen-bond donors (Lipinski definition) is 1.